The van der Waals surface area contributed by atoms with Gasteiger partial charge < -0.3 is 20.3 Å². The van der Waals surface area contributed by atoms with E-state index >= 15 is 0 Å². The lowest BCUT2D eigenvalue weighted by atomic mass is 10.1. The Balaban J connectivity index is 1.83. The molecule has 0 radical (unpaired) electrons. The van der Waals surface area contributed by atoms with Crippen molar-refractivity contribution in [1.82, 2.24) is 14.9 Å². The Hall–Kier alpha value is -3.04. The van der Waals surface area contributed by atoms with Gasteiger partial charge in [0.2, 0.25) is 5.95 Å². The number of rotatable bonds is 10. The van der Waals surface area contributed by atoms with Crippen molar-refractivity contribution in [2.45, 2.75) is 19.3 Å². The SMILES string of the molecule is CN(C)CCCNc1nc(NCc2ccc(Cl)cc2)cc(-c2cccc(OC(F)(F)F)c2)n1. The monoisotopic (exact) mass is 479 g/mol. The summed E-state index contributed by atoms with van der Waals surface area (Å²) in [6.45, 7) is 2.03. The molecule has 10 heteroatoms. The van der Waals surface area contributed by atoms with Crippen LogP contribution in [-0.2, 0) is 6.54 Å². The lowest BCUT2D eigenvalue weighted by Gasteiger charge is -2.14. The summed E-state index contributed by atoms with van der Waals surface area (Å²) >= 11 is 5.94. The number of nitrogens with one attached hydrogen (secondary N) is 2. The Bertz CT molecular complexity index is 1050. The van der Waals surface area contributed by atoms with Crippen molar-refractivity contribution >= 4 is 23.4 Å². The summed E-state index contributed by atoms with van der Waals surface area (Å²) in [4.78, 5) is 11.1. The fourth-order valence-electron chi connectivity index (χ4n) is 3.01. The van der Waals surface area contributed by atoms with Crippen molar-refractivity contribution in [1.29, 1.82) is 0 Å². The predicted molar refractivity (Wildman–Crippen MR) is 125 cm³/mol. The van der Waals surface area contributed by atoms with E-state index in [1.165, 1.54) is 18.2 Å². The fourth-order valence-corrected chi connectivity index (χ4v) is 3.13. The van der Waals surface area contributed by atoms with Gasteiger partial charge in [-0.05, 0) is 56.9 Å². The van der Waals surface area contributed by atoms with Crippen LogP contribution in [0.3, 0.4) is 0 Å². The van der Waals surface area contributed by atoms with Gasteiger partial charge in [0.15, 0.2) is 0 Å². The highest BCUT2D eigenvalue weighted by atomic mass is 35.5. The third-order valence-electron chi connectivity index (χ3n) is 4.54. The normalized spacial score (nSPS) is 11.5. The van der Waals surface area contributed by atoms with Crippen LogP contribution in [0.5, 0.6) is 5.75 Å². The van der Waals surface area contributed by atoms with Crippen LogP contribution >= 0.6 is 11.6 Å². The Kier molecular flexibility index (Phi) is 8.35. The summed E-state index contributed by atoms with van der Waals surface area (Å²) in [6.07, 6.45) is -3.89. The number of anilines is 2. The summed E-state index contributed by atoms with van der Waals surface area (Å²) in [6, 6.07) is 14.8. The van der Waals surface area contributed by atoms with E-state index in [1.807, 2.05) is 26.2 Å². The van der Waals surface area contributed by atoms with E-state index in [-0.39, 0.29) is 5.75 Å². The predicted octanol–water partition coefficient (Wildman–Crippen LogP) is 5.67. The van der Waals surface area contributed by atoms with Gasteiger partial charge in [0.1, 0.15) is 11.6 Å². The molecule has 3 aromatic rings. The number of alkyl halides is 3. The number of halogens is 4. The van der Waals surface area contributed by atoms with Crippen LogP contribution in [-0.4, -0.2) is 48.4 Å². The van der Waals surface area contributed by atoms with Crippen LogP contribution in [0, 0.1) is 0 Å². The number of nitrogens with zero attached hydrogens (tertiary/aromatic N) is 3. The van der Waals surface area contributed by atoms with Gasteiger partial charge in [-0.1, -0.05) is 35.9 Å². The van der Waals surface area contributed by atoms with E-state index in [0.29, 0.717) is 41.1 Å². The fraction of sp³-hybridized carbons (Fsp3) is 0.304. The van der Waals surface area contributed by atoms with E-state index in [1.54, 1.807) is 24.3 Å². The minimum absolute atomic E-state index is 0.310. The maximum Gasteiger partial charge on any atom is 0.573 e. The summed E-state index contributed by atoms with van der Waals surface area (Å²) in [7, 11) is 3.98. The lowest BCUT2D eigenvalue weighted by molar-refractivity contribution is -0.274. The van der Waals surface area contributed by atoms with Crippen LogP contribution in [0.2, 0.25) is 5.02 Å². The highest BCUT2D eigenvalue weighted by Crippen LogP contribution is 2.28. The molecule has 0 atom stereocenters. The van der Waals surface area contributed by atoms with Crippen molar-refractivity contribution in [2.75, 3.05) is 37.8 Å². The molecule has 0 unspecified atom stereocenters. The van der Waals surface area contributed by atoms with Crippen LogP contribution in [0.25, 0.3) is 11.3 Å². The second-order valence-corrected chi connectivity index (χ2v) is 8.04. The van der Waals surface area contributed by atoms with E-state index < -0.39 is 6.36 Å². The topological polar surface area (TPSA) is 62.3 Å². The maximum atomic E-state index is 12.6. The zero-order valence-electron chi connectivity index (χ0n) is 18.3. The molecule has 1 heterocycles. The first kappa shape index (κ1) is 24.6. The molecule has 2 aromatic carbocycles. The molecular formula is C23H25ClF3N5O. The molecule has 176 valence electrons. The highest BCUT2D eigenvalue weighted by molar-refractivity contribution is 6.30. The van der Waals surface area contributed by atoms with Gasteiger partial charge in [-0.3, -0.25) is 0 Å². The van der Waals surface area contributed by atoms with Gasteiger partial charge >= 0.3 is 6.36 Å². The molecule has 0 spiro atoms. The van der Waals surface area contributed by atoms with Crippen molar-refractivity contribution < 1.29 is 17.9 Å². The largest absolute Gasteiger partial charge is 0.573 e. The smallest absolute Gasteiger partial charge is 0.406 e. The van der Waals surface area contributed by atoms with E-state index in [4.69, 9.17) is 11.6 Å². The molecule has 0 fully saturated rings. The summed E-state index contributed by atoms with van der Waals surface area (Å²) < 4.78 is 42.0. The molecular weight excluding hydrogens is 455 g/mol. The minimum atomic E-state index is -4.77. The Labute approximate surface area is 195 Å². The van der Waals surface area contributed by atoms with E-state index in [0.717, 1.165) is 18.5 Å². The van der Waals surface area contributed by atoms with Gasteiger partial charge in [-0.25, -0.2) is 4.98 Å². The average Bonchev–Trinajstić information content (AvgIpc) is 2.75. The van der Waals surface area contributed by atoms with Crippen molar-refractivity contribution in [3.63, 3.8) is 0 Å². The van der Waals surface area contributed by atoms with Gasteiger partial charge in [0.25, 0.3) is 0 Å². The van der Waals surface area contributed by atoms with Crippen LogP contribution in [0.1, 0.15) is 12.0 Å². The molecule has 33 heavy (non-hydrogen) atoms. The molecule has 0 saturated carbocycles. The summed E-state index contributed by atoms with van der Waals surface area (Å²) in [5, 5.41) is 7.08. The Morgan fingerprint density at radius 2 is 1.76 bits per heavy atom. The van der Waals surface area contributed by atoms with Gasteiger partial charge in [-0.15, -0.1) is 13.2 Å². The maximum absolute atomic E-state index is 12.6. The summed E-state index contributed by atoms with van der Waals surface area (Å²) in [5.41, 5.74) is 1.94. The first-order chi connectivity index (χ1) is 15.7. The Morgan fingerprint density at radius 1 is 1.00 bits per heavy atom. The average molecular weight is 480 g/mol. The van der Waals surface area contributed by atoms with Gasteiger partial charge in [-0.2, -0.15) is 4.98 Å². The first-order valence-corrected chi connectivity index (χ1v) is 10.7. The van der Waals surface area contributed by atoms with E-state index in [2.05, 4.69) is 30.2 Å². The standard InChI is InChI=1S/C23H25ClF3N5O/c1-32(2)12-4-11-28-22-30-20(17-5-3-6-19(13-17)33-23(25,26)27)14-21(31-22)29-15-16-7-9-18(24)10-8-16/h3,5-10,13-14H,4,11-12,15H2,1-2H3,(H2,28,29,30,31). The molecule has 0 saturated heterocycles. The second kappa shape index (κ2) is 11.2. The van der Waals surface area contributed by atoms with Crippen LogP contribution < -0.4 is 15.4 Å². The van der Waals surface area contributed by atoms with Crippen molar-refractivity contribution in [3.05, 3.63) is 65.2 Å². The molecule has 6 nitrogen and oxygen atoms in total. The third-order valence-corrected chi connectivity index (χ3v) is 4.79. The van der Waals surface area contributed by atoms with Gasteiger partial charge in [0.05, 0.1) is 5.69 Å². The number of hydrogen-bond acceptors (Lipinski definition) is 6. The molecule has 0 amide bonds. The quantitative estimate of drug-likeness (QED) is 0.365. The molecule has 2 N–H and O–H groups in total. The molecule has 0 aliphatic carbocycles. The first-order valence-electron chi connectivity index (χ1n) is 10.3. The van der Waals surface area contributed by atoms with Gasteiger partial charge in [0, 0.05) is 29.7 Å². The van der Waals surface area contributed by atoms with Crippen molar-refractivity contribution in [2.24, 2.45) is 0 Å². The molecule has 3 rings (SSSR count). The lowest BCUT2D eigenvalue weighted by Crippen LogP contribution is -2.17. The zero-order chi connectivity index (χ0) is 23.8. The molecule has 0 aliphatic heterocycles. The number of benzene rings is 2. The molecule has 0 bridgehead atoms. The third kappa shape index (κ3) is 8.43. The minimum Gasteiger partial charge on any atom is -0.406 e. The second-order valence-electron chi connectivity index (χ2n) is 7.60. The Morgan fingerprint density at radius 3 is 2.45 bits per heavy atom. The number of hydrogen-bond donors (Lipinski definition) is 2. The molecule has 0 aliphatic rings. The van der Waals surface area contributed by atoms with Crippen molar-refractivity contribution in [3.8, 4) is 17.0 Å². The highest BCUT2D eigenvalue weighted by Gasteiger charge is 2.31. The summed E-state index contributed by atoms with van der Waals surface area (Å²) in [5.74, 6) is 0.606. The van der Waals surface area contributed by atoms with Crippen LogP contribution in [0.4, 0.5) is 24.9 Å². The van der Waals surface area contributed by atoms with E-state index in [9.17, 15) is 13.2 Å². The molecule has 1 aromatic heterocycles. The number of ether oxygens (including phenoxy) is 1. The van der Waals surface area contributed by atoms with Crippen LogP contribution in [0.15, 0.2) is 54.6 Å². The number of aromatic nitrogens is 2. The zero-order valence-corrected chi connectivity index (χ0v) is 19.0.